The van der Waals surface area contributed by atoms with Gasteiger partial charge in [0.15, 0.2) is 0 Å². The Hall–Kier alpha value is -0.680. The van der Waals surface area contributed by atoms with Gasteiger partial charge in [-0.1, -0.05) is 4.49 Å². The molecule has 0 atom stereocenters. The Morgan fingerprint density at radius 2 is 1.93 bits per heavy atom. The van der Waals surface area contributed by atoms with Crippen LogP contribution in [0.25, 0.3) is 0 Å². The molecular formula is C9H14N4S. The lowest BCUT2D eigenvalue weighted by atomic mass is 10.0. The summed E-state index contributed by atoms with van der Waals surface area (Å²) in [6.07, 6.45) is 5.45. The van der Waals surface area contributed by atoms with Gasteiger partial charge in [0, 0.05) is 30.2 Å². The molecule has 3 heterocycles. The molecule has 14 heavy (non-hydrogen) atoms. The van der Waals surface area contributed by atoms with E-state index in [2.05, 4.69) is 14.5 Å². The number of nitrogen functional groups attached to an aromatic ring is 1. The van der Waals surface area contributed by atoms with Gasteiger partial charge in [0.05, 0.1) is 0 Å². The molecule has 0 amide bonds. The SMILES string of the molecule is Nc1snnc1CN1C2CCC1CC2. The smallest absolute Gasteiger partial charge is 0.132 e. The first-order valence-electron chi connectivity index (χ1n) is 5.17. The van der Waals surface area contributed by atoms with Crippen molar-refractivity contribution in [2.75, 3.05) is 5.73 Å². The Morgan fingerprint density at radius 1 is 1.29 bits per heavy atom. The molecule has 2 saturated heterocycles. The zero-order valence-electron chi connectivity index (χ0n) is 8.02. The fraction of sp³-hybridized carbons (Fsp3) is 0.778. The van der Waals surface area contributed by atoms with Crippen molar-refractivity contribution in [1.82, 2.24) is 14.5 Å². The van der Waals surface area contributed by atoms with Gasteiger partial charge in [-0.25, -0.2) is 0 Å². The second kappa shape index (κ2) is 3.17. The minimum Gasteiger partial charge on any atom is -0.388 e. The van der Waals surface area contributed by atoms with Crippen molar-refractivity contribution in [3.05, 3.63) is 5.69 Å². The second-order valence-electron chi connectivity index (χ2n) is 4.22. The normalized spacial score (nSPS) is 31.4. The summed E-state index contributed by atoms with van der Waals surface area (Å²) >= 11 is 1.30. The molecule has 0 aromatic carbocycles. The number of hydrogen-bond acceptors (Lipinski definition) is 5. The first kappa shape index (κ1) is 8.61. The van der Waals surface area contributed by atoms with Gasteiger partial charge in [-0.15, -0.1) is 5.10 Å². The summed E-state index contributed by atoms with van der Waals surface area (Å²) in [5.41, 5.74) is 6.78. The third-order valence-corrected chi connectivity index (χ3v) is 4.12. The van der Waals surface area contributed by atoms with Gasteiger partial charge in [0.2, 0.25) is 0 Å². The summed E-state index contributed by atoms with van der Waals surface area (Å²) < 4.78 is 3.87. The average Bonchev–Trinajstić information content (AvgIpc) is 2.86. The van der Waals surface area contributed by atoms with Crippen LogP contribution in [-0.4, -0.2) is 26.6 Å². The first-order chi connectivity index (χ1) is 6.84. The molecule has 1 aromatic rings. The lowest BCUT2D eigenvalue weighted by Crippen LogP contribution is -2.28. The van der Waals surface area contributed by atoms with Gasteiger partial charge < -0.3 is 5.73 Å². The molecule has 0 radical (unpaired) electrons. The molecule has 2 aliphatic heterocycles. The van der Waals surface area contributed by atoms with Crippen LogP contribution >= 0.6 is 11.5 Å². The maximum Gasteiger partial charge on any atom is 0.132 e. The fourth-order valence-corrected chi connectivity index (χ4v) is 3.21. The van der Waals surface area contributed by atoms with Crippen LogP contribution < -0.4 is 5.73 Å². The second-order valence-corrected chi connectivity index (χ2v) is 5.00. The largest absolute Gasteiger partial charge is 0.388 e. The molecule has 2 bridgehead atoms. The van der Waals surface area contributed by atoms with Crippen molar-refractivity contribution in [2.24, 2.45) is 0 Å². The number of fused-ring (bicyclic) bond motifs is 2. The maximum absolute atomic E-state index is 5.80. The van der Waals surface area contributed by atoms with Crippen molar-refractivity contribution < 1.29 is 0 Å². The zero-order valence-corrected chi connectivity index (χ0v) is 8.83. The van der Waals surface area contributed by atoms with E-state index in [-0.39, 0.29) is 0 Å². The molecule has 2 aliphatic rings. The molecule has 2 fully saturated rings. The fourth-order valence-electron chi connectivity index (χ4n) is 2.78. The number of nitrogens with two attached hydrogens (primary N) is 1. The lowest BCUT2D eigenvalue weighted by Gasteiger charge is -2.19. The number of aromatic nitrogens is 2. The van der Waals surface area contributed by atoms with Crippen LogP contribution in [0, 0.1) is 0 Å². The van der Waals surface area contributed by atoms with E-state index in [1.165, 1.54) is 37.2 Å². The van der Waals surface area contributed by atoms with E-state index in [0.29, 0.717) is 0 Å². The predicted molar refractivity (Wildman–Crippen MR) is 55.9 cm³/mol. The van der Waals surface area contributed by atoms with Crippen LogP contribution in [-0.2, 0) is 6.54 Å². The Morgan fingerprint density at radius 3 is 2.43 bits per heavy atom. The number of nitrogens with zero attached hydrogens (tertiary/aromatic N) is 3. The van der Waals surface area contributed by atoms with E-state index in [9.17, 15) is 0 Å². The highest BCUT2D eigenvalue weighted by atomic mass is 32.1. The maximum atomic E-state index is 5.80. The molecule has 2 N–H and O–H groups in total. The highest BCUT2D eigenvalue weighted by molar-refractivity contribution is 7.09. The van der Waals surface area contributed by atoms with Gasteiger partial charge in [0.25, 0.3) is 0 Å². The Kier molecular flexibility index (Phi) is 1.95. The van der Waals surface area contributed by atoms with Gasteiger partial charge in [0.1, 0.15) is 10.7 Å². The van der Waals surface area contributed by atoms with E-state index in [4.69, 9.17) is 5.73 Å². The van der Waals surface area contributed by atoms with E-state index in [1.807, 2.05) is 0 Å². The minimum atomic E-state index is 0.788. The molecule has 4 nitrogen and oxygen atoms in total. The van der Waals surface area contributed by atoms with Crippen molar-refractivity contribution >= 4 is 16.5 Å². The highest BCUT2D eigenvalue weighted by Gasteiger charge is 2.39. The summed E-state index contributed by atoms with van der Waals surface area (Å²) in [5.74, 6) is 0. The summed E-state index contributed by atoms with van der Waals surface area (Å²) in [6, 6.07) is 1.59. The summed E-state index contributed by atoms with van der Waals surface area (Å²) in [7, 11) is 0. The van der Waals surface area contributed by atoms with Gasteiger partial charge in [-0.05, 0) is 25.7 Å². The van der Waals surface area contributed by atoms with Crippen molar-refractivity contribution in [3.63, 3.8) is 0 Å². The number of anilines is 1. The van der Waals surface area contributed by atoms with E-state index >= 15 is 0 Å². The molecule has 3 rings (SSSR count). The van der Waals surface area contributed by atoms with Crippen LogP contribution in [0.4, 0.5) is 5.00 Å². The van der Waals surface area contributed by atoms with Crippen LogP contribution in [0.2, 0.25) is 0 Å². The molecule has 76 valence electrons. The Bertz CT molecular complexity index is 317. The van der Waals surface area contributed by atoms with E-state index in [1.54, 1.807) is 0 Å². The van der Waals surface area contributed by atoms with Crippen LogP contribution in [0.5, 0.6) is 0 Å². The van der Waals surface area contributed by atoms with Gasteiger partial charge in [-0.2, -0.15) is 0 Å². The number of rotatable bonds is 2. The van der Waals surface area contributed by atoms with Crippen molar-refractivity contribution in [3.8, 4) is 0 Å². The van der Waals surface area contributed by atoms with Gasteiger partial charge >= 0.3 is 0 Å². The molecule has 0 unspecified atom stereocenters. The molecule has 0 aliphatic carbocycles. The Balaban J connectivity index is 1.76. The summed E-state index contributed by atoms with van der Waals surface area (Å²) in [5, 5.41) is 4.87. The molecule has 0 spiro atoms. The van der Waals surface area contributed by atoms with Gasteiger partial charge in [-0.3, -0.25) is 4.90 Å². The summed E-state index contributed by atoms with van der Waals surface area (Å²) in [4.78, 5) is 2.56. The molecular weight excluding hydrogens is 196 g/mol. The standard InChI is InChI=1S/C9H14N4S/c10-9-8(11-12-14-9)5-13-6-1-2-7(13)4-3-6/h6-7H,1-5,10H2. The molecule has 5 heteroatoms. The third kappa shape index (κ3) is 1.23. The molecule has 1 aromatic heterocycles. The zero-order chi connectivity index (χ0) is 9.54. The van der Waals surface area contributed by atoms with Crippen LogP contribution in [0.3, 0.4) is 0 Å². The Labute approximate surface area is 87.3 Å². The quantitative estimate of drug-likeness (QED) is 0.798. The van der Waals surface area contributed by atoms with E-state index < -0.39 is 0 Å². The van der Waals surface area contributed by atoms with Crippen LogP contribution in [0.1, 0.15) is 31.4 Å². The van der Waals surface area contributed by atoms with Crippen molar-refractivity contribution in [2.45, 2.75) is 44.3 Å². The highest BCUT2D eigenvalue weighted by Crippen LogP contribution is 2.38. The van der Waals surface area contributed by atoms with Crippen molar-refractivity contribution in [1.29, 1.82) is 0 Å². The topological polar surface area (TPSA) is 55.0 Å². The predicted octanol–water partition coefficient (Wildman–Crippen LogP) is 1.25. The monoisotopic (exact) mass is 210 g/mol. The number of hydrogen-bond donors (Lipinski definition) is 1. The first-order valence-corrected chi connectivity index (χ1v) is 5.94. The minimum absolute atomic E-state index is 0.788. The average molecular weight is 210 g/mol. The summed E-state index contributed by atoms with van der Waals surface area (Å²) in [6.45, 7) is 0.914. The van der Waals surface area contributed by atoms with E-state index in [0.717, 1.165) is 29.3 Å². The molecule has 0 saturated carbocycles. The van der Waals surface area contributed by atoms with Crippen LogP contribution in [0.15, 0.2) is 0 Å². The third-order valence-electron chi connectivity index (χ3n) is 3.52. The lowest BCUT2D eigenvalue weighted by molar-refractivity contribution is 0.241.